The highest BCUT2D eigenvalue weighted by Gasteiger charge is 2.18. The van der Waals surface area contributed by atoms with Crippen molar-refractivity contribution in [2.75, 3.05) is 13.2 Å². The number of ether oxygens (including phenoxy) is 1. The lowest BCUT2D eigenvalue weighted by atomic mass is 10.1. The van der Waals surface area contributed by atoms with Gasteiger partial charge in [0, 0.05) is 19.7 Å². The first-order chi connectivity index (χ1) is 8.46. The van der Waals surface area contributed by atoms with Crippen LogP contribution in [0.3, 0.4) is 0 Å². The standard InChI is InChI=1S/C11H21N5O2/c1-4-18-11(2,3)8-13-10(17)7-16-6-9(5-12)14-15-16/h6H,4-5,7-8,12H2,1-3H3,(H,13,17). The van der Waals surface area contributed by atoms with Crippen LogP contribution in [-0.4, -0.2) is 39.7 Å². The van der Waals surface area contributed by atoms with Gasteiger partial charge in [-0.1, -0.05) is 5.21 Å². The van der Waals surface area contributed by atoms with Crippen LogP contribution in [0.5, 0.6) is 0 Å². The first-order valence-corrected chi connectivity index (χ1v) is 5.96. The summed E-state index contributed by atoms with van der Waals surface area (Å²) in [6.07, 6.45) is 1.66. The first kappa shape index (κ1) is 14.6. The third kappa shape index (κ3) is 4.80. The Labute approximate surface area is 107 Å². The molecule has 1 rings (SSSR count). The van der Waals surface area contributed by atoms with Crippen LogP contribution < -0.4 is 11.1 Å². The number of carbonyl (C=O) groups is 1. The number of hydrogen-bond acceptors (Lipinski definition) is 5. The molecule has 0 aliphatic heterocycles. The van der Waals surface area contributed by atoms with Crippen LogP contribution in [0, 0.1) is 0 Å². The molecule has 0 unspecified atom stereocenters. The first-order valence-electron chi connectivity index (χ1n) is 5.96. The van der Waals surface area contributed by atoms with Gasteiger partial charge in [-0.2, -0.15) is 0 Å². The molecular formula is C11H21N5O2. The van der Waals surface area contributed by atoms with Gasteiger partial charge in [0.05, 0.1) is 17.5 Å². The van der Waals surface area contributed by atoms with Crippen LogP contribution in [0.1, 0.15) is 26.5 Å². The number of hydrogen-bond donors (Lipinski definition) is 2. The van der Waals surface area contributed by atoms with Crippen LogP contribution >= 0.6 is 0 Å². The SMILES string of the molecule is CCOC(C)(C)CNC(=O)Cn1cc(CN)nn1. The molecule has 0 aliphatic rings. The third-order valence-corrected chi connectivity index (χ3v) is 2.35. The van der Waals surface area contributed by atoms with Crippen molar-refractivity contribution in [3.8, 4) is 0 Å². The molecule has 0 bridgehead atoms. The Balaban J connectivity index is 2.37. The average Bonchev–Trinajstić information content (AvgIpc) is 2.74. The molecule has 0 aromatic carbocycles. The highest BCUT2D eigenvalue weighted by Crippen LogP contribution is 2.06. The number of carbonyl (C=O) groups excluding carboxylic acids is 1. The number of nitrogens with two attached hydrogens (primary N) is 1. The summed E-state index contributed by atoms with van der Waals surface area (Å²) in [4.78, 5) is 11.7. The second-order valence-electron chi connectivity index (χ2n) is 4.58. The Morgan fingerprint density at radius 2 is 2.33 bits per heavy atom. The highest BCUT2D eigenvalue weighted by atomic mass is 16.5. The zero-order valence-electron chi connectivity index (χ0n) is 11.1. The van der Waals surface area contributed by atoms with Gasteiger partial charge >= 0.3 is 0 Å². The van der Waals surface area contributed by atoms with Gasteiger partial charge in [-0.15, -0.1) is 5.10 Å². The van der Waals surface area contributed by atoms with E-state index in [1.165, 1.54) is 4.68 Å². The van der Waals surface area contributed by atoms with Crippen molar-refractivity contribution in [1.29, 1.82) is 0 Å². The van der Waals surface area contributed by atoms with Crippen molar-refractivity contribution in [3.63, 3.8) is 0 Å². The fraction of sp³-hybridized carbons (Fsp3) is 0.727. The molecule has 1 aromatic rings. The molecule has 102 valence electrons. The fourth-order valence-electron chi connectivity index (χ4n) is 1.47. The molecule has 1 heterocycles. The molecule has 0 atom stereocenters. The van der Waals surface area contributed by atoms with Gasteiger partial charge in [0.15, 0.2) is 0 Å². The van der Waals surface area contributed by atoms with Crippen LogP contribution in [-0.2, 0) is 22.6 Å². The summed E-state index contributed by atoms with van der Waals surface area (Å²) in [5.41, 5.74) is 5.71. The van der Waals surface area contributed by atoms with Gasteiger partial charge in [0.1, 0.15) is 6.54 Å². The Hall–Kier alpha value is -1.47. The molecule has 18 heavy (non-hydrogen) atoms. The van der Waals surface area contributed by atoms with E-state index in [1.54, 1.807) is 6.20 Å². The summed E-state index contributed by atoms with van der Waals surface area (Å²) < 4.78 is 6.95. The highest BCUT2D eigenvalue weighted by molar-refractivity contribution is 5.75. The van der Waals surface area contributed by atoms with Crippen molar-refractivity contribution < 1.29 is 9.53 Å². The molecule has 7 nitrogen and oxygen atoms in total. The molecule has 0 fully saturated rings. The Morgan fingerprint density at radius 3 is 2.89 bits per heavy atom. The lowest BCUT2D eigenvalue weighted by molar-refractivity contribution is -0.123. The molecule has 1 amide bonds. The predicted octanol–water partition coefficient (Wildman–Crippen LogP) is -0.332. The number of amides is 1. The Bertz CT molecular complexity index is 389. The molecule has 0 spiro atoms. The van der Waals surface area contributed by atoms with Crippen molar-refractivity contribution in [1.82, 2.24) is 20.3 Å². The summed E-state index contributed by atoms with van der Waals surface area (Å²) in [5.74, 6) is -0.128. The largest absolute Gasteiger partial charge is 0.374 e. The van der Waals surface area contributed by atoms with Gasteiger partial charge in [0.25, 0.3) is 0 Å². The average molecular weight is 255 g/mol. The summed E-state index contributed by atoms with van der Waals surface area (Å²) in [7, 11) is 0. The van der Waals surface area contributed by atoms with Gasteiger partial charge in [-0.25, -0.2) is 4.68 Å². The lowest BCUT2D eigenvalue weighted by Gasteiger charge is -2.24. The molecule has 0 saturated heterocycles. The summed E-state index contributed by atoms with van der Waals surface area (Å²) in [6.45, 7) is 7.31. The summed E-state index contributed by atoms with van der Waals surface area (Å²) in [5, 5.41) is 10.4. The van der Waals surface area contributed by atoms with Crippen LogP contribution in [0.2, 0.25) is 0 Å². The maximum Gasteiger partial charge on any atom is 0.241 e. The zero-order valence-corrected chi connectivity index (χ0v) is 11.1. The van der Waals surface area contributed by atoms with Gasteiger partial charge in [0.2, 0.25) is 5.91 Å². The second-order valence-corrected chi connectivity index (χ2v) is 4.58. The van der Waals surface area contributed by atoms with E-state index in [4.69, 9.17) is 10.5 Å². The molecule has 0 saturated carbocycles. The topological polar surface area (TPSA) is 95.1 Å². The number of rotatable bonds is 7. The van der Waals surface area contributed by atoms with Crippen LogP contribution in [0.15, 0.2) is 6.20 Å². The molecular weight excluding hydrogens is 234 g/mol. The van der Waals surface area contributed by atoms with Crippen molar-refractivity contribution >= 4 is 5.91 Å². The predicted molar refractivity (Wildman–Crippen MR) is 66.6 cm³/mol. The van der Waals surface area contributed by atoms with E-state index in [9.17, 15) is 4.79 Å². The molecule has 3 N–H and O–H groups in total. The maximum atomic E-state index is 11.7. The molecule has 0 aliphatic carbocycles. The molecule has 1 aromatic heterocycles. The van der Waals surface area contributed by atoms with E-state index < -0.39 is 0 Å². The summed E-state index contributed by atoms with van der Waals surface area (Å²) in [6, 6.07) is 0. The van der Waals surface area contributed by atoms with E-state index in [0.717, 1.165) is 0 Å². The van der Waals surface area contributed by atoms with E-state index in [1.807, 2.05) is 20.8 Å². The molecule has 7 heteroatoms. The van der Waals surface area contributed by atoms with Crippen molar-refractivity contribution in [3.05, 3.63) is 11.9 Å². The number of aromatic nitrogens is 3. The minimum atomic E-state index is -0.366. The van der Waals surface area contributed by atoms with Crippen molar-refractivity contribution in [2.24, 2.45) is 5.73 Å². The van der Waals surface area contributed by atoms with Gasteiger partial charge in [-0.3, -0.25) is 4.79 Å². The normalized spacial score (nSPS) is 11.6. The maximum absolute atomic E-state index is 11.7. The Morgan fingerprint density at radius 1 is 1.61 bits per heavy atom. The van der Waals surface area contributed by atoms with Gasteiger partial charge < -0.3 is 15.8 Å². The minimum Gasteiger partial charge on any atom is -0.374 e. The fourth-order valence-corrected chi connectivity index (χ4v) is 1.47. The molecule has 0 radical (unpaired) electrons. The quantitative estimate of drug-likeness (QED) is 0.695. The second kappa shape index (κ2) is 6.46. The zero-order chi connectivity index (χ0) is 13.6. The lowest BCUT2D eigenvalue weighted by Crippen LogP contribution is -2.41. The number of nitrogens with one attached hydrogen (secondary N) is 1. The minimum absolute atomic E-state index is 0.128. The smallest absolute Gasteiger partial charge is 0.241 e. The Kier molecular flexibility index (Phi) is 5.24. The van der Waals surface area contributed by atoms with Gasteiger partial charge in [-0.05, 0) is 20.8 Å². The third-order valence-electron chi connectivity index (χ3n) is 2.35. The van der Waals surface area contributed by atoms with Crippen LogP contribution in [0.25, 0.3) is 0 Å². The number of nitrogens with zero attached hydrogens (tertiary/aromatic N) is 3. The monoisotopic (exact) mass is 255 g/mol. The van der Waals surface area contributed by atoms with Crippen LogP contribution in [0.4, 0.5) is 0 Å². The van der Waals surface area contributed by atoms with E-state index in [2.05, 4.69) is 15.6 Å². The van der Waals surface area contributed by atoms with E-state index >= 15 is 0 Å². The van der Waals surface area contributed by atoms with Crippen molar-refractivity contribution in [2.45, 2.75) is 39.5 Å². The van der Waals surface area contributed by atoms with E-state index in [-0.39, 0.29) is 18.1 Å². The summed E-state index contributed by atoms with van der Waals surface area (Å²) >= 11 is 0. The van der Waals surface area contributed by atoms with E-state index in [0.29, 0.717) is 25.4 Å².